The minimum atomic E-state index is -1.22. The van der Waals surface area contributed by atoms with Gasteiger partial charge in [-0.25, -0.2) is 9.18 Å². The van der Waals surface area contributed by atoms with Crippen LogP contribution in [0.1, 0.15) is 17.3 Å². The Labute approximate surface area is 150 Å². The molecule has 0 aliphatic carbocycles. The van der Waals surface area contributed by atoms with Gasteiger partial charge in [-0.1, -0.05) is 12.1 Å². The highest BCUT2D eigenvalue weighted by Crippen LogP contribution is 2.24. The van der Waals surface area contributed by atoms with Crippen LogP contribution in [0.3, 0.4) is 0 Å². The van der Waals surface area contributed by atoms with Crippen molar-refractivity contribution in [1.29, 1.82) is 0 Å². The zero-order chi connectivity index (χ0) is 18.6. The number of rotatable bonds is 5. The molecule has 0 radical (unpaired) electrons. The molecule has 0 saturated carbocycles. The van der Waals surface area contributed by atoms with E-state index in [0.29, 0.717) is 0 Å². The summed E-state index contributed by atoms with van der Waals surface area (Å²) in [7, 11) is 0. The molecule has 0 saturated heterocycles. The summed E-state index contributed by atoms with van der Waals surface area (Å²) in [5, 5.41) is 13.3. The first-order valence-electron chi connectivity index (χ1n) is 7.00. The zero-order valence-corrected chi connectivity index (χ0v) is 14.4. The van der Waals surface area contributed by atoms with Crippen molar-refractivity contribution in [3.8, 4) is 0 Å². The summed E-state index contributed by atoms with van der Waals surface area (Å²) >= 11 is 3.04. The maximum Gasteiger partial charge on any atom is 0.340 e. The van der Waals surface area contributed by atoms with Crippen LogP contribution in [-0.4, -0.2) is 22.9 Å². The van der Waals surface area contributed by atoms with Crippen molar-refractivity contribution in [2.45, 2.75) is 13.0 Å². The number of amides is 1. The van der Waals surface area contributed by atoms with Crippen molar-refractivity contribution in [1.82, 2.24) is 0 Å². The number of nitrogens with one attached hydrogen (secondary N) is 1. The lowest BCUT2D eigenvalue weighted by molar-refractivity contribution is -0.383. The number of nitro groups is 1. The first kappa shape index (κ1) is 18.5. The molecule has 2 aromatic carbocycles. The number of para-hydroxylation sites is 2. The van der Waals surface area contributed by atoms with Crippen molar-refractivity contribution in [3.05, 3.63) is 68.4 Å². The van der Waals surface area contributed by atoms with Crippen molar-refractivity contribution < 1.29 is 23.6 Å². The van der Waals surface area contributed by atoms with Gasteiger partial charge in [-0.05, 0) is 47.1 Å². The molecule has 0 spiro atoms. The van der Waals surface area contributed by atoms with Crippen molar-refractivity contribution in [2.24, 2.45) is 0 Å². The van der Waals surface area contributed by atoms with Crippen LogP contribution in [0.25, 0.3) is 0 Å². The normalized spacial score (nSPS) is 11.5. The van der Waals surface area contributed by atoms with Gasteiger partial charge in [0.25, 0.3) is 11.6 Å². The van der Waals surface area contributed by atoms with Crippen LogP contribution in [0, 0.1) is 15.9 Å². The number of ether oxygens (including phenoxy) is 1. The molecule has 0 aliphatic heterocycles. The molecule has 2 aromatic rings. The maximum absolute atomic E-state index is 13.0. The van der Waals surface area contributed by atoms with E-state index in [1.165, 1.54) is 37.3 Å². The lowest BCUT2D eigenvalue weighted by Crippen LogP contribution is -2.30. The monoisotopic (exact) mass is 410 g/mol. The SMILES string of the molecule is C[C@H](OC(=O)c1ccc(F)cc1Br)C(=O)Nc1ccccc1[N+](=O)[O-]. The molecule has 7 nitrogen and oxygen atoms in total. The number of carbonyl (C=O) groups excluding carboxylic acids is 2. The smallest absolute Gasteiger partial charge is 0.340 e. The second kappa shape index (κ2) is 7.84. The molecule has 130 valence electrons. The molecule has 0 aliphatic rings. The van der Waals surface area contributed by atoms with Gasteiger partial charge < -0.3 is 10.1 Å². The maximum atomic E-state index is 13.0. The van der Waals surface area contributed by atoms with Crippen molar-refractivity contribution in [3.63, 3.8) is 0 Å². The highest BCUT2D eigenvalue weighted by molar-refractivity contribution is 9.10. The van der Waals surface area contributed by atoms with Gasteiger partial charge in [-0.3, -0.25) is 14.9 Å². The number of esters is 1. The van der Waals surface area contributed by atoms with E-state index in [1.54, 1.807) is 0 Å². The molecule has 0 bridgehead atoms. The molecule has 0 aromatic heterocycles. The first-order valence-corrected chi connectivity index (χ1v) is 7.79. The highest BCUT2D eigenvalue weighted by atomic mass is 79.9. The quantitative estimate of drug-likeness (QED) is 0.460. The summed E-state index contributed by atoms with van der Waals surface area (Å²) in [4.78, 5) is 34.5. The number of anilines is 1. The Bertz CT molecular complexity index is 843. The van der Waals surface area contributed by atoms with E-state index in [-0.39, 0.29) is 21.4 Å². The summed E-state index contributed by atoms with van der Waals surface area (Å²) in [5.41, 5.74) is -0.245. The van der Waals surface area contributed by atoms with Crippen LogP contribution >= 0.6 is 15.9 Å². The van der Waals surface area contributed by atoms with Gasteiger partial charge in [-0.15, -0.1) is 0 Å². The van der Waals surface area contributed by atoms with Crippen LogP contribution in [-0.2, 0) is 9.53 Å². The average Bonchev–Trinajstić information content (AvgIpc) is 2.54. The second-order valence-electron chi connectivity index (χ2n) is 4.94. The predicted octanol–water partition coefficient (Wildman–Crippen LogP) is 3.68. The largest absolute Gasteiger partial charge is 0.449 e. The second-order valence-corrected chi connectivity index (χ2v) is 5.79. The topological polar surface area (TPSA) is 98.5 Å². The fourth-order valence-corrected chi connectivity index (χ4v) is 2.42. The number of nitrogens with zero attached hydrogens (tertiary/aromatic N) is 1. The van der Waals surface area contributed by atoms with Gasteiger partial charge >= 0.3 is 5.97 Å². The molecule has 1 amide bonds. The number of nitro benzene ring substituents is 1. The van der Waals surface area contributed by atoms with Gasteiger partial charge in [0.2, 0.25) is 0 Å². The van der Waals surface area contributed by atoms with Crippen LogP contribution in [0.5, 0.6) is 0 Å². The van der Waals surface area contributed by atoms with E-state index in [2.05, 4.69) is 21.2 Å². The Morgan fingerprint density at radius 3 is 2.60 bits per heavy atom. The highest BCUT2D eigenvalue weighted by Gasteiger charge is 2.23. The van der Waals surface area contributed by atoms with Crippen molar-refractivity contribution in [2.75, 3.05) is 5.32 Å². The Morgan fingerprint density at radius 2 is 1.96 bits per heavy atom. The lowest BCUT2D eigenvalue weighted by atomic mass is 10.2. The summed E-state index contributed by atoms with van der Waals surface area (Å²) in [6.45, 7) is 1.32. The van der Waals surface area contributed by atoms with E-state index in [1.807, 2.05) is 0 Å². The van der Waals surface area contributed by atoms with Gasteiger partial charge in [0.05, 0.1) is 10.5 Å². The van der Waals surface area contributed by atoms with E-state index < -0.39 is 28.7 Å². The number of halogens is 2. The average molecular weight is 411 g/mol. The number of hydrogen-bond donors (Lipinski definition) is 1. The van der Waals surface area contributed by atoms with Gasteiger partial charge in [0.15, 0.2) is 6.10 Å². The van der Waals surface area contributed by atoms with E-state index in [4.69, 9.17) is 4.74 Å². The van der Waals surface area contributed by atoms with Crippen LogP contribution in [0.2, 0.25) is 0 Å². The zero-order valence-electron chi connectivity index (χ0n) is 12.9. The standard InChI is InChI=1S/C16H12BrFN2O5/c1-9(25-16(22)11-7-6-10(18)8-12(11)17)15(21)19-13-4-2-3-5-14(13)20(23)24/h2-9H,1H3,(H,19,21)/t9-/m0/s1. The number of carbonyl (C=O) groups is 2. The molecule has 0 fully saturated rings. The fourth-order valence-electron chi connectivity index (χ4n) is 1.91. The van der Waals surface area contributed by atoms with Crippen LogP contribution in [0.4, 0.5) is 15.8 Å². The van der Waals surface area contributed by atoms with Gasteiger partial charge in [0, 0.05) is 10.5 Å². The molecule has 0 heterocycles. The third-order valence-corrected chi connectivity index (χ3v) is 3.82. The minimum absolute atomic E-state index is 0.0108. The van der Waals surface area contributed by atoms with Gasteiger partial charge in [-0.2, -0.15) is 0 Å². The van der Waals surface area contributed by atoms with Crippen molar-refractivity contribution >= 4 is 39.2 Å². The number of hydrogen-bond acceptors (Lipinski definition) is 5. The minimum Gasteiger partial charge on any atom is -0.449 e. The Morgan fingerprint density at radius 1 is 1.28 bits per heavy atom. The molecular formula is C16H12BrFN2O5. The summed E-state index contributed by atoms with van der Waals surface area (Å²) in [6.07, 6.45) is -1.22. The first-order chi connectivity index (χ1) is 11.8. The molecule has 1 N–H and O–H groups in total. The van der Waals surface area contributed by atoms with E-state index in [9.17, 15) is 24.1 Å². The van der Waals surface area contributed by atoms with Crippen LogP contribution < -0.4 is 5.32 Å². The number of benzene rings is 2. The van der Waals surface area contributed by atoms with E-state index >= 15 is 0 Å². The van der Waals surface area contributed by atoms with E-state index in [0.717, 1.165) is 12.1 Å². The Kier molecular flexibility index (Phi) is 5.81. The fraction of sp³-hybridized carbons (Fsp3) is 0.125. The Hall–Kier alpha value is -2.81. The lowest BCUT2D eigenvalue weighted by Gasteiger charge is -2.14. The van der Waals surface area contributed by atoms with Gasteiger partial charge in [0.1, 0.15) is 11.5 Å². The summed E-state index contributed by atoms with van der Waals surface area (Å²) in [5.74, 6) is -2.11. The third-order valence-electron chi connectivity index (χ3n) is 3.16. The predicted molar refractivity (Wildman–Crippen MR) is 90.7 cm³/mol. The molecule has 0 unspecified atom stereocenters. The summed E-state index contributed by atoms with van der Waals surface area (Å²) < 4.78 is 18.2. The van der Waals surface area contributed by atoms with Crippen LogP contribution in [0.15, 0.2) is 46.9 Å². The third kappa shape index (κ3) is 4.60. The molecule has 2 rings (SSSR count). The Balaban J connectivity index is 2.08. The summed E-state index contributed by atoms with van der Waals surface area (Å²) in [6, 6.07) is 8.98. The molecular weight excluding hydrogens is 399 g/mol. The molecule has 1 atom stereocenters. The molecule has 25 heavy (non-hydrogen) atoms. The molecule has 9 heteroatoms.